The average Bonchev–Trinajstić information content (AvgIpc) is 3.30. The molecule has 1 fully saturated rings. The summed E-state index contributed by atoms with van der Waals surface area (Å²) in [6, 6.07) is 16.9. The first-order valence-electron chi connectivity index (χ1n) is 9.68. The summed E-state index contributed by atoms with van der Waals surface area (Å²) in [7, 11) is 0. The van der Waals surface area contributed by atoms with Gasteiger partial charge in [0.15, 0.2) is 0 Å². The van der Waals surface area contributed by atoms with Crippen LogP contribution in [0.1, 0.15) is 23.8 Å². The Bertz CT molecular complexity index is 1450. The summed E-state index contributed by atoms with van der Waals surface area (Å²) in [4.78, 5) is 21.6. The third-order valence-electron chi connectivity index (χ3n) is 5.16. The highest BCUT2D eigenvalue weighted by Crippen LogP contribution is 2.42. The van der Waals surface area contributed by atoms with Gasteiger partial charge in [0.1, 0.15) is 11.1 Å². The van der Waals surface area contributed by atoms with Gasteiger partial charge in [-0.25, -0.2) is 9.78 Å². The van der Waals surface area contributed by atoms with Crippen LogP contribution >= 0.6 is 11.3 Å². The lowest BCUT2D eigenvalue weighted by atomic mass is 10.1. The van der Waals surface area contributed by atoms with Gasteiger partial charge in [0, 0.05) is 27.8 Å². The quantitative estimate of drug-likeness (QED) is 0.361. The van der Waals surface area contributed by atoms with E-state index in [0.717, 1.165) is 22.2 Å². The third kappa shape index (κ3) is 3.04. The Kier molecular flexibility index (Phi) is 3.89. The van der Waals surface area contributed by atoms with Crippen molar-refractivity contribution in [1.29, 1.82) is 0 Å². The van der Waals surface area contributed by atoms with Gasteiger partial charge in [0.25, 0.3) is 5.89 Å². The maximum Gasteiger partial charge on any atom is 0.349 e. The van der Waals surface area contributed by atoms with Gasteiger partial charge in [-0.15, -0.1) is 11.3 Å². The van der Waals surface area contributed by atoms with Crippen LogP contribution in [0, 0.1) is 0 Å². The van der Waals surface area contributed by atoms with E-state index in [9.17, 15) is 4.79 Å². The molecule has 7 heteroatoms. The second-order valence-electron chi connectivity index (χ2n) is 7.33. The fraction of sp³-hybridized carbons (Fsp3) is 0.130. The summed E-state index contributed by atoms with van der Waals surface area (Å²) in [6.45, 7) is 0. The first-order chi connectivity index (χ1) is 14.7. The minimum atomic E-state index is -0.507. The molecule has 3 heterocycles. The van der Waals surface area contributed by atoms with Gasteiger partial charge in [-0.3, -0.25) is 0 Å². The van der Waals surface area contributed by atoms with Gasteiger partial charge < -0.3 is 8.94 Å². The summed E-state index contributed by atoms with van der Waals surface area (Å²) in [5.74, 6) is 1.19. The standard InChI is InChI=1S/C23H15N3O3S/c27-23-17(11-15-4-1-2-7-19(15)28-23)21-25-20(26-29-21)16-6-3-5-14(10-16)18-12-30-22(24-18)13-8-9-13/h1-7,10-13H,8-9H2. The fourth-order valence-electron chi connectivity index (χ4n) is 3.42. The van der Waals surface area contributed by atoms with Crippen LogP contribution in [-0.2, 0) is 0 Å². The molecule has 6 nitrogen and oxygen atoms in total. The highest BCUT2D eigenvalue weighted by Gasteiger charge is 2.26. The van der Waals surface area contributed by atoms with Gasteiger partial charge in [-0.2, -0.15) is 4.98 Å². The lowest BCUT2D eigenvalue weighted by molar-refractivity contribution is 0.429. The molecule has 0 bridgehead atoms. The summed E-state index contributed by atoms with van der Waals surface area (Å²) in [5, 5.41) is 8.17. The number of para-hydroxylation sites is 1. The highest BCUT2D eigenvalue weighted by molar-refractivity contribution is 7.10. The van der Waals surface area contributed by atoms with Crippen LogP contribution in [0.15, 0.2) is 73.7 Å². The molecule has 0 N–H and O–H groups in total. The zero-order valence-electron chi connectivity index (χ0n) is 15.7. The molecular formula is C23H15N3O3S. The van der Waals surface area contributed by atoms with E-state index < -0.39 is 5.63 Å². The Labute approximate surface area is 174 Å². The van der Waals surface area contributed by atoms with Crippen molar-refractivity contribution in [3.05, 3.63) is 75.4 Å². The predicted octanol–water partition coefficient (Wildman–Crippen LogP) is 5.51. The molecule has 0 atom stereocenters. The number of fused-ring (bicyclic) bond motifs is 1. The van der Waals surface area contributed by atoms with Crippen LogP contribution in [-0.4, -0.2) is 15.1 Å². The number of benzene rings is 2. The number of rotatable bonds is 4. The van der Waals surface area contributed by atoms with Crippen molar-refractivity contribution in [3.8, 4) is 34.1 Å². The maximum absolute atomic E-state index is 12.4. The van der Waals surface area contributed by atoms with Gasteiger partial charge in [-0.1, -0.05) is 41.6 Å². The van der Waals surface area contributed by atoms with Crippen molar-refractivity contribution in [1.82, 2.24) is 15.1 Å². The lowest BCUT2D eigenvalue weighted by Gasteiger charge is -1.99. The van der Waals surface area contributed by atoms with Crippen molar-refractivity contribution in [2.24, 2.45) is 0 Å². The topological polar surface area (TPSA) is 82.0 Å². The van der Waals surface area contributed by atoms with Gasteiger partial charge >= 0.3 is 5.63 Å². The molecule has 0 unspecified atom stereocenters. The van der Waals surface area contributed by atoms with E-state index in [0.29, 0.717) is 17.3 Å². The minimum Gasteiger partial charge on any atom is -0.422 e. The van der Waals surface area contributed by atoms with Gasteiger partial charge in [-0.05, 0) is 31.0 Å². The van der Waals surface area contributed by atoms with Crippen LogP contribution in [0.3, 0.4) is 0 Å². The molecule has 0 saturated heterocycles. The van der Waals surface area contributed by atoms with Gasteiger partial charge in [0.2, 0.25) is 5.82 Å². The van der Waals surface area contributed by atoms with Crippen molar-refractivity contribution in [2.45, 2.75) is 18.8 Å². The SMILES string of the molecule is O=c1oc2ccccc2cc1-c1nc(-c2cccc(-c3csc(C4CC4)n3)c2)no1. The molecule has 2 aromatic carbocycles. The molecule has 1 aliphatic carbocycles. The second-order valence-corrected chi connectivity index (χ2v) is 8.22. The Balaban J connectivity index is 1.36. The van der Waals surface area contributed by atoms with Crippen molar-refractivity contribution >= 4 is 22.3 Å². The average molecular weight is 413 g/mol. The maximum atomic E-state index is 12.4. The van der Waals surface area contributed by atoms with E-state index in [1.54, 1.807) is 23.5 Å². The molecule has 1 aliphatic rings. The van der Waals surface area contributed by atoms with Crippen LogP contribution in [0.4, 0.5) is 0 Å². The van der Waals surface area contributed by atoms with Gasteiger partial charge in [0.05, 0.1) is 10.7 Å². The zero-order valence-corrected chi connectivity index (χ0v) is 16.6. The number of hydrogen-bond acceptors (Lipinski definition) is 7. The number of aromatic nitrogens is 3. The Hall–Kier alpha value is -3.58. The predicted molar refractivity (Wildman–Crippen MR) is 114 cm³/mol. The van der Waals surface area contributed by atoms with Crippen LogP contribution in [0.5, 0.6) is 0 Å². The largest absolute Gasteiger partial charge is 0.422 e. The first-order valence-corrected chi connectivity index (χ1v) is 10.6. The van der Waals surface area contributed by atoms with E-state index in [1.165, 1.54) is 17.8 Å². The molecule has 1 saturated carbocycles. The highest BCUT2D eigenvalue weighted by atomic mass is 32.1. The number of hydrogen-bond donors (Lipinski definition) is 0. The van der Waals surface area contributed by atoms with E-state index in [-0.39, 0.29) is 11.5 Å². The molecule has 0 aliphatic heterocycles. The second kappa shape index (κ2) is 6.74. The summed E-state index contributed by atoms with van der Waals surface area (Å²) in [5.41, 5.74) is 3.03. The zero-order chi connectivity index (χ0) is 20.1. The van der Waals surface area contributed by atoms with Crippen molar-refractivity contribution in [3.63, 3.8) is 0 Å². The monoisotopic (exact) mass is 413 g/mol. The number of thiazole rings is 1. The molecule has 3 aromatic heterocycles. The minimum absolute atomic E-state index is 0.139. The smallest absolute Gasteiger partial charge is 0.349 e. The molecular weight excluding hydrogens is 398 g/mol. The van der Waals surface area contributed by atoms with Crippen LogP contribution < -0.4 is 5.63 Å². The first kappa shape index (κ1) is 17.3. The molecule has 146 valence electrons. The van der Waals surface area contributed by atoms with E-state index in [4.69, 9.17) is 13.9 Å². The van der Waals surface area contributed by atoms with E-state index >= 15 is 0 Å². The van der Waals surface area contributed by atoms with E-state index in [1.807, 2.05) is 42.5 Å². The number of nitrogens with zero attached hydrogens (tertiary/aromatic N) is 3. The Morgan fingerprint density at radius 3 is 2.73 bits per heavy atom. The van der Waals surface area contributed by atoms with Crippen molar-refractivity contribution in [2.75, 3.05) is 0 Å². The van der Waals surface area contributed by atoms with E-state index in [2.05, 4.69) is 15.5 Å². The van der Waals surface area contributed by atoms with Crippen LogP contribution in [0.25, 0.3) is 45.1 Å². The molecule has 0 radical (unpaired) electrons. The molecule has 6 rings (SSSR count). The fourth-order valence-corrected chi connectivity index (χ4v) is 4.42. The van der Waals surface area contributed by atoms with Crippen molar-refractivity contribution < 1.29 is 8.94 Å². The lowest BCUT2D eigenvalue weighted by Crippen LogP contribution is -2.02. The third-order valence-corrected chi connectivity index (χ3v) is 6.17. The van der Waals surface area contributed by atoms with Crippen LogP contribution in [0.2, 0.25) is 0 Å². The molecule has 30 heavy (non-hydrogen) atoms. The normalized spacial score (nSPS) is 13.7. The summed E-state index contributed by atoms with van der Waals surface area (Å²) >= 11 is 1.71. The molecule has 0 spiro atoms. The Morgan fingerprint density at radius 2 is 1.83 bits per heavy atom. The summed E-state index contributed by atoms with van der Waals surface area (Å²) < 4.78 is 10.8. The summed E-state index contributed by atoms with van der Waals surface area (Å²) in [6.07, 6.45) is 2.47. The Morgan fingerprint density at radius 1 is 0.967 bits per heavy atom. The molecule has 5 aromatic rings. The molecule has 0 amide bonds.